The summed E-state index contributed by atoms with van der Waals surface area (Å²) in [4.78, 5) is 36.5. The van der Waals surface area contributed by atoms with E-state index in [0.29, 0.717) is 41.2 Å². The lowest BCUT2D eigenvalue weighted by molar-refractivity contribution is -0.118. The average Bonchev–Trinajstić information content (AvgIpc) is 3.63. The van der Waals surface area contributed by atoms with Gasteiger partial charge in [-0.3, -0.25) is 14.5 Å². The molecule has 4 aromatic heterocycles. The van der Waals surface area contributed by atoms with E-state index in [0.717, 1.165) is 24.1 Å². The van der Waals surface area contributed by atoms with E-state index in [1.165, 1.54) is 17.5 Å². The second kappa shape index (κ2) is 9.74. The summed E-state index contributed by atoms with van der Waals surface area (Å²) in [7, 11) is 0. The first-order chi connectivity index (χ1) is 16.5. The molecule has 176 valence electrons. The van der Waals surface area contributed by atoms with Crippen molar-refractivity contribution >= 4 is 33.9 Å². The SMILES string of the molecule is Cc1cc(CC(=O)N(CC2CCCO2)c2ncc(C(=O)NCc3ccc4nccn4c3)s2)on1. The summed E-state index contributed by atoms with van der Waals surface area (Å²) in [6.07, 6.45) is 8.86. The summed E-state index contributed by atoms with van der Waals surface area (Å²) < 4.78 is 12.9. The van der Waals surface area contributed by atoms with Gasteiger partial charge in [0, 0.05) is 37.8 Å². The number of carbonyl (C=O) groups is 2. The van der Waals surface area contributed by atoms with Crippen molar-refractivity contribution in [1.29, 1.82) is 0 Å². The first kappa shape index (κ1) is 22.2. The van der Waals surface area contributed by atoms with Gasteiger partial charge < -0.3 is 19.0 Å². The van der Waals surface area contributed by atoms with Crippen molar-refractivity contribution in [3.8, 4) is 0 Å². The highest BCUT2D eigenvalue weighted by molar-refractivity contribution is 7.17. The minimum absolute atomic E-state index is 0.0559. The molecule has 1 saturated heterocycles. The van der Waals surface area contributed by atoms with Crippen molar-refractivity contribution in [3.63, 3.8) is 0 Å². The Balaban J connectivity index is 1.27. The fourth-order valence-electron chi connectivity index (χ4n) is 3.86. The number of thiazole rings is 1. The van der Waals surface area contributed by atoms with Crippen molar-refractivity contribution in [1.82, 2.24) is 24.8 Å². The van der Waals surface area contributed by atoms with Crippen LogP contribution in [0.3, 0.4) is 0 Å². The second-order valence-electron chi connectivity index (χ2n) is 8.17. The molecule has 0 aromatic carbocycles. The number of hydrogen-bond donors (Lipinski definition) is 1. The monoisotopic (exact) mass is 480 g/mol. The van der Waals surface area contributed by atoms with Gasteiger partial charge in [0.15, 0.2) is 5.13 Å². The van der Waals surface area contributed by atoms with Crippen LogP contribution in [0.4, 0.5) is 5.13 Å². The number of imidazole rings is 1. The summed E-state index contributed by atoms with van der Waals surface area (Å²) in [6, 6.07) is 5.56. The molecule has 0 spiro atoms. The molecule has 5 heterocycles. The van der Waals surface area contributed by atoms with E-state index >= 15 is 0 Å². The summed E-state index contributed by atoms with van der Waals surface area (Å²) in [5, 5.41) is 7.23. The Kier molecular flexibility index (Phi) is 6.37. The van der Waals surface area contributed by atoms with Gasteiger partial charge in [0.25, 0.3) is 5.91 Å². The molecule has 1 fully saturated rings. The fourth-order valence-corrected chi connectivity index (χ4v) is 4.72. The molecule has 1 aliphatic heterocycles. The molecule has 11 heteroatoms. The van der Waals surface area contributed by atoms with Crippen LogP contribution in [0.15, 0.2) is 47.5 Å². The van der Waals surface area contributed by atoms with E-state index in [1.807, 2.05) is 28.9 Å². The molecular formula is C23H24N6O4S. The Labute approximate surface area is 199 Å². The Bertz CT molecular complexity index is 1310. The van der Waals surface area contributed by atoms with Crippen molar-refractivity contribution in [3.05, 3.63) is 64.9 Å². The number of anilines is 1. The molecule has 4 aromatic rings. The maximum absolute atomic E-state index is 13.1. The van der Waals surface area contributed by atoms with Crippen LogP contribution in [0.1, 0.15) is 39.5 Å². The Morgan fingerprint density at radius 2 is 2.24 bits per heavy atom. The van der Waals surface area contributed by atoms with Gasteiger partial charge in [-0.1, -0.05) is 22.6 Å². The quantitative estimate of drug-likeness (QED) is 0.412. The summed E-state index contributed by atoms with van der Waals surface area (Å²) in [6.45, 7) is 3.24. The maximum Gasteiger partial charge on any atom is 0.263 e. The lowest BCUT2D eigenvalue weighted by Gasteiger charge is -2.22. The number of ether oxygens (including phenoxy) is 1. The van der Waals surface area contributed by atoms with Gasteiger partial charge in [-0.2, -0.15) is 0 Å². The standard InChI is InChI=1S/C23H24N6O4S/c1-15-9-18(33-27-15)10-21(30)29(14-17-3-2-8-32-17)23-26-12-19(34-23)22(31)25-11-16-4-5-20-24-6-7-28(20)13-16/h4-7,9,12-13,17H,2-3,8,10-11,14H2,1H3,(H,25,31). The first-order valence-corrected chi connectivity index (χ1v) is 11.9. The van der Waals surface area contributed by atoms with E-state index in [4.69, 9.17) is 9.26 Å². The molecule has 5 rings (SSSR count). The first-order valence-electron chi connectivity index (χ1n) is 11.0. The number of nitrogens with zero attached hydrogens (tertiary/aromatic N) is 5. The number of fused-ring (bicyclic) bond motifs is 1. The summed E-state index contributed by atoms with van der Waals surface area (Å²) in [5.41, 5.74) is 2.51. The van der Waals surface area contributed by atoms with Gasteiger partial charge >= 0.3 is 0 Å². The van der Waals surface area contributed by atoms with Crippen LogP contribution in [0.2, 0.25) is 0 Å². The van der Waals surface area contributed by atoms with Gasteiger partial charge in [0.2, 0.25) is 5.91 Å². The smallest absolute Gasteiger partial charge is 0.263 e. The normalized spacial score (nSPS) is 15.6. The summed E-state index contributed by atoms with van der Waals surface area (Å²) in [5.74, 6) is 0.0654. The second-order valence-corrected chi connectivity index (χ2v) is 9.18. The third-order valence-electron chi connectivity index (χ3n) is 5.56. The van der Waals surface area contributed by atoms with Crippen LogP contribution in [-0.2, 0) is 22.5 Å². The van der Waals surface area contributed by atoms with Crippen molar-refractivity contribution in [2.24, 2.45) is 0 Å². The molecule has 1 aliphatic rings. The number of carbonyl (C=O) groups excluding carboxylic acids is 2. The highest BCUT2D eigenvalue weighted by Gasteiger charge is 2.27. The third-order valence-corrected chi connectivity index (χ3v) is 6.58. The molecule has 0 saturated carbocycles. The topological polar surface area (TPSA) is 115 Å². The largest absolute Gasteiger partial charge is 0.376 e. The van der Waals surface area contributed by atoms with Crippen LogP contribution in [-0.4, -0.2) is 50.6 Å². The number of aromatic nitrogens is 4. The fraction of sp³-hybridized carbons (Fsp3) is 0.348. The van der Waals surface area contributed by atoms with Crippen LogP contribution in [0.5, 0.6) is 0 Å². The Hall–Kier alpha value is -3.57. The van der Waals surface area contributed by atoms with Gasteiger partial charge in [0.05, 0.1) is 31.0 Å². The molecule has 0 aliphatic carbocycles. The molecule has 1 N–H and O–H groups in total. The predicted molar refractivity (Wildman–Crippen MR) is 125 cm³/mol. The number of amides is 2. The lowest BCUT2D eigenvalue weighted by Crippen LogP contribution is -2.38. The maximum atomic E-state index is 13.1. The Morgan fingerprint density at radius 1 is 1.32 bits per heavy atom. The zero-order valence-corrected chi connectivity index (χ0v) is 19.5. The molecule has 34 heavy (non-hydrogen) atoms. The van der Waals surface area contributed by atoms with E-state index in [1.54, 1.807) is 24.1 Å². The average molecular weight is 481 g/mol. The van der Waals surface area contributed by atoms with Crippen molar-refractivity contribution in [2.45, 2.75) is 38.8 Å². The molecule has 1 atom stereocenters. The minimum atomic E-state index is -0.246. The van der Waals surface area contributed by atoms with Crippen LogP contribution < -0.4 is 10.2 Å². The minimum Gasteiger partial charge on any atom is -0.376 e. The van der Waals surface area contributed by atoms with E-state index in [-0.39, 0.29) is 24.3 Å². The van der Waals surface area contributed by atoms with Crippen LogP contribution in [0, 0.1) is 6.92 Å². The third kappa shape index (κ3) is 5.00. The number of hydrogen-bond acceptors (Lipinski definition) is 8. The van der Waals surface area contributed by atoms with Gasteiger partial charge in [0.1, 0.15) is 16.3 Å². The summed E-state index contributed by atoms with van der Waals surface area (Å²) >= 11 is 1.18. The van der Waals surface area contributed by atoms with Crippen LogP contribution >= 0.6 is 11.3 Å². The molecule has 2 amide bonds. The number of aryl methyl sites for hydroxylation is 1. The molecule has 0 bridgehead atoms. The van der Waals surface area contributed by atoms with E-state index in [2.05, 4.69) is 20.4 Å². The highest BCUT2D eigenvalue weighted by Crippen LogP contribution is 2.26. The molecule has 0 radical (unpaired) electrons. The van der Waals surface area contributed by atoms with Crippen molar-refractivity contribution in [2.75, 3.05) is 18.1 Å². The number of pyridine rings is 1. The zero-order valence-electron chi connectivity index (χ0n) is 18.6. The lowest BCUT2D eigenvalue weighted by atomic mass is 10.2. The molecule has 10 nitrogen and oxygen atoms in total. The molecule has 1 unspecified atom stereocenters. The number of rotatable bonds is 8. The van der Waals surface area contributed by atoms with E-state index in [9.17, 15) is 9.59 Å². The van der Waals surface area contributed by atoms with Gasteiger partial charge in [-0.25, -0.2) is 9.97 Å². The zero-order chi connectivity index (χ0) is 23.5. The van der Waals surface area contributed by atoms with E-state index < -0.39 is 0 Å². The number of nitrogens with one attached hydrogen (secondary N) is 1. The molecular weight excluding hydrogens is 456 g/mol. The Morgan fingerprint density at radius 3 is 3.03 bits per heavy atom. The van der Waals surface area contributed by atoms with Gasteiger partial charge in [-0.15, -0.1) is 0 Å². The van der Waals surface area contributed by atoms with Crippen LogP contribution in [0.25, 0.3) is 5.65 Å². The van der Waals surface area contributed by atoms with Gasteiger partial charge in [-0.05, 0) is 31.4 Å². The predicted octanol–water partition coefficient (Wildman–Crippen LogP) is 2.77. The van der Waals surface area contributed by atoms with Crippen molar-refractivity contribution < 1.29 is 18.8 Å². The highest BCUT2D eigenvalue weighted by atomic mass is 32.1.